The molecule has 0 spiro atoms. The van der Waals surface area contributed by atoms with Crippen molar-refractivity contribution in [2.75, 3.05) is 18.5 Å². The maximum absolute atomic E-state index is 12.3. The summed E-state index contributed by atoms with van der Waals surface area (Å²) in [6.45, 7) is 1.01. The lowest BCUT2D eigenvalue weighted by Gasteiger charge is -2.13. The van der Waals surface area contributed by atoms with Gasteiger partial charge in [0.1, 0.15) is 23.7 Å². The van der Waals surface area contributed by atoms with E-state index in [1.54, 1.807) is 28.9 Å². The van der Waals surface area contributed by atoms with E-state index < -0.39 is 0 Å². The molecule has 0 saturated carbocycles. The summed E-state index contributed by atoms with van der Waals surface area (Å²) in [7, 11) is 0. The highest BCUT2D eigenvalue weighted by Gasteiger charge is 2.16. The van der Waals surface area contributed by atoms with Crippen molar-refractivity contribution in [3.63, 3.8) is 0 Å². The van der Waals surface area contributed by atoms with Gasteiger partial charge in [0.25, 0.3) is 5.91 Å². The van der Waals surface area contributed by atoms with E-state index in [2.05, 4.69) is 26.8 Å². The van der Waals surface area contributed by atoms with E-state index in [1.165, 1.54) is 6.20 Å². The Labute approximate surface area is 143 Å². The first-order chi connectivity index (χ1) is 12.3. The Balaban J connectivity index is 1.78. The summed E-state index contributed by atoms with van der Waals surface area (Å²) in [5, 5.41) is 19.5. The summed E-state index contributed by atoms with van der Waals surface area (Å²) < 4.78 is 7.31. The van der Waals surface area contributed by atoms with Gasteiger partial charge in [0.2, 0.25) is 0 Å². The summed E-state index contributed by atoms with van der Waals surface area (Å²) in [5.74, 6) is 0.942. The average molecular weight is 334 g/mol. The summed E-state index contributed by atoms with van der Waals surface area (Å²) in [6.07, 6.45) is 3.22. The van der Waals surface area contributed by atoms with Crippen LogP contribution in [0.5, 0.6) is 5.75 Å². The number of anilines is 1. The molecule has 1 amide bonds. The molecule has 0 fully saturated rings. The zero-order valence-corrected chi connectivity index (χ0v) is 13.2. The van der Waals surface area contributed by atoms with Gasteiger partial charge in [-0.15, -0.1) is 0 Å². The van der Waals surface area contributed by atoms with Crippen LogP contribution in [0.3, 0.4) is 0 Å². The predicted octanol–water partition coefficient (Wildman–Crippen LogP) is 1.34. The van der Waals surface area contributed by atoms with Crippen molar-refractivity contribution in [1.82, 2.24) is 19.9 Å². The number of nitrogens with zero attached hydrogens (tertiary/aromatic N) is 4. The molecule has 124 valence electrons. The number of carbonyl (C=O) groups excluding carboxylic acids is 1. The molecule has 1 aliphatic rings. The molecule has 0 atom stereocenters. The fourth-order valence-corrected chi connectivity index (χ4v) is 2.72. The third-order valence-electron chi connectivity index (χ3n) is 3.96. The zero-order chi connectivity index (χ0) is 17.2. The highest BCUT2D eigenvalue weighted by atomic mass is 16.5. The van der Waals surface area contributed by atoms with E-state index in [0.29, 0.717) is 48.0 Å². The fraction of sp³-hybridized carbons (Fsp3) is 0.176. The Hall–Kier alpha value is -3.60. The van der Waals surface area contributed by atoms with Crippen molar-refractivity contribution >= 4 is 17.4 Å². The van der Waals surface area contributed by atoms with Crippen LogP contribution in [-0.2, 0) is 6.54 Å². The number of aromatic nitrogens is 3. The van der Waals surface area contributed by atoms with Crippen LogP contribution in [0.15, 0.2) is 36.7 Å². The Kier molecular flexibility index (Phi) is 3.67. The predicted molar refractivity (Wildman–Crippen MR) is 89.3 cm³/mol. The molecule has 2 N–H and O–H groups in total. The van der Waals surface area contributed by atoms with Gasteiger partial charge in [-0.3, -0.25) is 4.79 Å². The van der Waals surface area contributed by atoms with E-state index in [4.69, 9.17) is 4.74 Å². The minimum atomic E-state index is -0.256. The lowest BCUT2D eigenvalue weighted by Crippen LogP contribution is -2.28. The Morgan fingerprint density at radius 1 is 1.28 bits per heavy atom. The van der Waals surface area contributed by atoms with Crippen molar-refractivity contribution in [1.29, 1.82) is 5.26 Å². The van der Waals surface area contributed by atoms with Gasteiger partial charge in [0.05, 0.1) is 24.4 Å². The molecule has 1 aromatic carbocycles. The first-order valence-corrected chi connectivity index (χ1v) is 7.77. The van der Waals surface area contributed by atoms with E-state index in [1.807, 2.05) is 6.07 Å². The van der Waals surface area contributed by atoms with Gasteiger partial charge in [-0.1, -0.05) is 6.07 Å². The minimum Gasteiger partial charge on any atom is -0.491 e. The molecular formula is C17H14N6O2. The first-order valence-electron chi connectivity index (χ1n) is 7.77. The number of fused-ring (bicyclic) bond motifs is 2. The summed E-state index contributed by atoms with van der Waals surface area (Å²) in [5.41, 5.74) is 2.16. The molecule has 8 heteroatoms. The molecule has 4 rings (SSSR count). The van der Waals surface area contributed by atoms with E-state index in [9.17, 15) is 10.1 Å². The second-order valence-corrected chi connectivity index (χ2v) is 5.49. The molecule has 2 bridgehead atoms. The number of benzene rings is 1. The second-order valence-electron chi connectivity index (χ2n) is 5.49. The minimum absolute atomic E-state index is 0.256. The van der Waals surface area contributed by atoms with Gasteiger partial charge >= 0.3 is 0 Å². The van der Waals surface area contributed by atoms with Crippen LogP contribution in [0.4, 0.5) is 5.82 Å². The van der Waals surface area contributed by atoms with Crippen molar-refractivity contribution in [3.8, 4) is 11.8 Å². The van der Waals surface area contributed by atoms with Crippen molar-refractivity contribution in [2.24, 2.45) is 0 Å². The molecule has 8 nitrogen and oxygen atoms in total. The Morgan fingerprint density at radius 2 is 2.20 bits per heavy atom. The zero-order valence-electron chi connectivity index (χ0n) is 13.2. The molecule has 0 saturated heterocycles. The largest absolute Gasteiger partial charge is 0.491 e. The van der Waals surface area contributed by atoms with Crippen molar-refractivity contribution in [3.05, 3.63) is 53.3 Å². The van der Waals surface area contributed by atoms with Crippen molar-refractivity contribution < 1.29 is 9.53 Å². The van der Waals surface area contributed by atoms with Gasteiger partial charge in [-0.25, -0.2) is 9.50 Å². The van der Waals surface area contributed by atoms with Gasteiger partial charge < -0.3 is 15.4 Å². The molecule has 0 radical (unpaired) electrons. The molecule has 0 aliphatic carbocycles. The Morgan fingerprint density at radius 3 is 3.08 bits per heavy atom. The summed E-state index contributed by atoms with van der Waals surface area (Å²) in [6, 6.07) is 9.27. The number of rotatable bonds is 0. The average Bonchev–Trinajstić information content (AvgIpc) is 3.06. The van der Waals surface area contributed by atoms with Crippen LogP contribution in [0.2, 0.25) is 0 Å². The molecule has 2 aromatic heterocycles. The lowest BCUT2D eigenvalue weighted by atomic mass is 10.1. The topological polar surface area (TPSA) is 104 Å². The van der Waals surface area contributed by atoms with Crippen LogP contribution in [0.25, 0.3) is 5.65 Å². The van der Waals surface area contributed by atoms with E-state index in [-0.39, 0.29) is 5.91 Å². The third kappa shape index (κ3) is 2.72. The van der Waals surface area contributed by atoms with Crippen LogP contribution >= 0.6 is 0 Å². The SMILES string of the molecule is N#Cc1cccc2c1CNc1ccn3ncc(c3n1)C(=O)NCCO2. The third-order valence-corrected chi connectivity index (χ3v) is 3.96. The number of hydrogen-bond donors (Lipinski definition) is 2. The standard InChI is InChI=1S/C17H14N6O2/c18-8-11-2-1-3-14-12(11)9-20-15-4-6-23-16(22-15)13(10-21-23)17(24)19-5-7-25-14/h1-4,6,10H,5,7,9H2,(H,19,24)(H,20,22). The molecule has 1 aliphatic heterocycles. The number of ether oxygens (including phenoxy) is 1. The lowest BCUT2D eigenvalue weighted by molar-refractivity contribution is 0.0948. The normalized spacial score (nSPS) is 14.1. The molecule has 3 heterocycles. The van der Waals surface area contributed by atoms with Crippen LogP contribution in [0, 0.1) is 11.3 Å². The van der Waals surface area contributed by atoms with Crippen molar-refractivity contribution in [2.45, 2.75) is 6.54 Å². The highest BCUT2D eigenvalue weighted by Crippen LogP contribution is 2.24. The number of amides is 1. The van der Waals surface area contributed by atoms with Gasteiger partial charge in [-0.2, -0.15) is 10.4 Å². The highest BCUT2D eigenvalue weighted by molar-refractivity contribution is 5.99. The number of hydrogen-bond acceptors (Lipinski definition) is 6. The number of nitriles is 1. The van der Waals surface area contributed by atoms with Gasteiger partial charge in [0, 0.05) is 18.3 Å². The molecule has 0 unspecified atom stereocenters. The molecule has 25 heavy (non-hydrogen) atoms. The van der Waals surface area contributed by atoms with Gasteiger partial charge in [-0.05, 0) is 18.2 Å². The van der Waals surface area contributed by atoms with E-state index in [0.717, 1.165) is 5.56 Å². The first kappa shape index (κ1) is 15.0. The van der Waals surface area contributed by atoms with Crippen LogP contribution in [-0.4, -0.2) is 33.7 Å². The summed E-state index contributed by atoms with van der Waals surface area (Å²) in [4.78, 5) is 16.8. The molecule has 3 aromatic rings. The quantitative estimate of drug-likeness (QED) is 0.643. The van der Waals surface area contributed by atoms with Crippen LogP contribution < -0.4 is 15.4 Å². The maximum atomic E-state index is 12.3. The Bertz CT molecular complexity index is 1000. The molecular weight excluding hydrogens is 320 g/mol. The second kappa shape index (κ2) is 6.13. The monoisotopic (exact) mass is 334 g/mol. The fourth-order valence-electron chi connectivity index (χ4n) is 2.72. The van der Waals surface area contributed by atoms with Gasteiger partial charge in [0.15, 0.2) is 5.65 Å². The number of carbonyl (C=O) groups is 1. The number of nitrogens with one attached hydrogen (secondary N) is 2. The summed E-state index contributed by atoms with van der Waals surface area (Å²) >= 11 is 0. The van der Waals surface area contributed by atoms with E-state index >= 15 is 0 Å². The smallest absolute Gasteiger partial charge is 0.256 e. The van der Waals surface area contributed by atoms with Crippen LogP contribution in [0.1, 0.15) is 21.5 Å². The maximum Gasteiger partial charge on any atom is 0.256 e.